The highest BCUT2D eigenvalue weighted by Crippen LogP contribution is 2.46. The molecule has 0 bridgehead atoms. The number of hydrogen-bond donors (Lipinski definition) is 0. The van der Waals surface area contributed by atoms with Crippen molar-refractivity contribution in [1.29, 1.82) is 0 Å². The molecule has 0 saturated carbocycles. The predicted octanol–water partition coefficient (Wildman–Crippen LogP) is 7.01. The van der Waals surface area contributed by atoms with E-state index < -0.39 is 5.41 Å². The lowest BCUT2D eigenvalue weighted by Gasteiger charge is -2.44. The molecule has 3 aliphatic rings. The van der Waals surface area contributed by atoms with Crippen LogP contribution in [0.1, 0.15) is 87.0 Å². The lowest BCUT2D eigenvalue weighted by atomic mass is 9.65. The maximum Gasteiger partial charge on any atom is 0.311 e. The SMILES string of the molecule is C=C1C[C@H](OC(C)C)C[C@@H](CC[C@@H]2[C@@H]3C(=C[C@H](C)C[C@@H]3OC(=O)C(C)(C)CC)C=C[C@@H]2C)O1. The third-order valence-electron chi connectivity index (χ3n) is 7.89. The van der Waals surface area contributed by atoms with Crippen LogP contribution in [-0.2, 0) is 19.0 Å². The van der Waals surface area contributed by atoms with E-state index >= 15 is 0 Å². The molecule has 1 saturated heterocycles. The standard InChI is InChI=1S/C29H46O4/c1-9-29(7,8)28(30)33-26-15-19(4)14-22-11-10-20(5)25(27(22)26)13-12-23-17-24(31-18(2)3)16-21(6)32-23/h10-11,14,18-20,23-27H,6,9,12-13,15-17H2,1-5,7-8H3/t19-,20-,23+,24-,25-,26-,27-/m0/s1. The van der Waals surface area contributed by atoms with Crippen LogP contribution in [0.3, 0.4) is 0 Å². The number of carbonyl (C=O) groups is 1. The fourth-order valence-electron chi connectivity index (χ4n) is 5.67. The van der Waals surface area contributed by atoms with Crippen LogP contribution >= 0.6 is 0 Å². The van der Waals surface area contributed by atoms with Crippen molar-refractivity contribution in [3.8, 4) is 0 Å². The molecule has 186 valence electrons. The highest BCUT2D eigenvalue weighted by atomic mass is 16.5. The normalized spacial score (nSPS) is 34.5. The molecule has 0 unspecified atom stereocenters. The molecular weight excluding hydrogens is 412 g/mol. The van der Waals surface area contributed by atoms with Gasteiger partial charge in [-0.1, -0.05) is 45.6 Å². The first kappa shape index (κ1) is 26.1. The summed E-state index contributed by atoms with van der Waals surface area (Å²) in [5, 5.41) is 0. The molecule has 4 heteroatoms. The van der Waals surface area contributed by atoms with Crippen molar-refractivity contribution < 1.29 is 19.0 Å². The van der Waals surface area contributed by atoms with Gasteiger partial charge in [-0.2, -0.15) is 0 Å². The van der Waals surface area contributed by atoms with E-state index in [2.05, 4.69) is 59.4 Å². The van der Waals surface area contributed by atoms with Gasteiger partial charge in [0.2, 0.25) is 0 Å². The van der Waals surface area contributed by atoms with Gasteiger partial charge in [0.05, 0.1) is 23.4 Å². The summed E-state index contributed by atoms with van der Waals surface area (Å²) in [7, 11) is 0. The molecule has 0 aromatic heterocycles. The van der Waals surface area contributed by atoms with Crippen LogP contribution in [0.25, 0.3) is 0 Å². The lowest BCUT2D eigenvalue weighted by molar-refractivity contribution is -0.164. The van der Waals surface area contributed by atoms with Gasteiger partial charge >= 0.3 is 5.97 Å². The Balaban J connectivity index is 1.73. The predicted molar refractivity (Wildman–Crippen MR) is 134 cm³/mol. The van der Waals surface area contributed by atoms with Crippen molar-refractivity contribution in [2.24, 2.45) is 29.1 Å². The lowest BCUT2D eigenvalue weighted by Crippen LogP contribution is -2.43. The third kappa shape index (κ3) is 6.53. The Kier molecular flexibility index (Phi) is 8.53. The van der Waals surface area contributed by atoms with E-state index in [1.807, 2.05) is 13.8 Å². The molecule has 33 heavy (non-hydrogen) atoms. The van der Waals surface area contributed by atoms with Gasteiger partial charge in [0.1, 0.15) is 12.2 Å². The van der Waals surface area contributed by atoms with Gasteiger partial charge in [-0.15, -0.1) is 0 Å². The van der Waals surface area contributed by atoms with E-state index in [1.54, 1.807) is 0 Å². The van der Waals surface area contributed by atoms with Crippen molar-refractivity contribution in [2.45, 2.75) is 111 Å². The van der Waals surface area contributed by atoms with Gasteiger partial charge in [0.25, 0.3) is 0 Å². The molecular formula is C29H46O4. The highest BCUT2D eigenvalue weighted by molar-refractivity contribution is 5.76. The first-order chi connectivity index (χ1) is 15.5. The van der Waals surface area contributed by atoms with Gasteiger partial charge in [-0.25, -0.2) is 0 Å². The van der Waals surface area contributed by atoms with Gasteiger partial charge in [-0.05, 0) is 76.7 Å². The first-order valence-electron chi connectivity index (χ1n) is 13.1. The summed E-state index contributed by atoms with van der Waals surface area (Å²) >= 11 is 0. The molecule has 1 aliphatic heterocycles. The first-order valence-corrected chi connectivity index (χ1v) is 13.1. The van der Waals surface area contributed by atoms with Crippen molar-refractivity contribution in [3.05, 3.63) is 36.1 Å². The maximum absolute atomic E-state index is 13.0. The molecule has 0 N–H and O–H groups in total. The van der Waals surface area contributed by atoms with Crippen LogP contribution in [-0.4, -0.2) is 30.4 Å². The van der Waals surface area contributed by atoms with Crippen LogP contribution < -0.4 is 0 Å². The summed E-state index contributed by atoms with van der Waals surface area (Å²) < 4.78 is 18.5. The minimum atomic E-state index is -0.447. The number of allylic oxidation sites excluding steroid dienone is 3. The summed E-state index contributed by atoms with van der Waals surface area (Å²) in [6.07, 6.45) is 12.9. The molecule has 3 rings (SSSR count). The van der Waals surface area contributed by atoms with E-state index in [0.29, 0.717) is 17.8 Å². The van der Waals surface area contributed by atoms with Gasteiger partial charge in [0, 0.05) is 18.8 Å². The topological polar surface area (TPSA) is 44.8 Å². The van der Waals surface area contributed by atoms with Crippen LogP contribution in [0, 0.1) is 29.1 Å². The summed E-state index contributed by atoms with van der Waals surface area (Å²) in [6.45, 7) is 18.8. The minimum Gasteiger partial charge on any atom is -0.495 e. The molecule has 0 aromatic rings. The molecule has 2 aliphatic carbocycles. The van der Waals surface area contributed by atoms with E-state index in [0.717, 1.165) is 44.3 Å². The van der Waals surface area contributed by atoms with E-state index in [1.165, 1.54) is 5.57 Å². The number of rotatable bonds is 8. The summed E-state index contributed by atoms with van der Waals surface area (Å²) in [5.74, 6) is 2.32. The second-order valence-corrected chi connectivity index (χ2v) is 11.6. The van der Waals surface area contributed by atoms with E-state index in [9.17, 15) is 4.79 Å². The Morgan fingerprint density at radius 1 is 1.24 bits per heavy atom. The van der Waals surface area contributed by atoms with Gasteiger partial charge in [0.15, 0.2) is 0 Å². The van der Waals surface area contributed by atoms with Crippen molar-refractivity contribution >= 4 is 5.97 Å². The zero-order valence-electron chi connectivity index (χ0n) is 21.9. The monoisotopic (exact) mass is 458 g/mol. The Labute approximate surface area is 201 Å². The number of ether oxygens (including phenoxy) is 3. The quantitative estimate of drug-likeness (QED) is 0.367. The van der Waals surface area contributed by atoms with Crippen LogP contribution in [0.4, 0.5) is 0 Å². The van der Waals surface area contributed by atoms with E-state index in [-0.39, 0.29) is 36.3 Å². The summed E-state index contributed by atoms with van der Waals surface area (Å²) in [4.78, 5) is 13.0. The molecule has 0 spiro atoms. The zero-order valence-corrected chi connectivity index (χ0v) is 21.9. The van der Waals surface area contributed by atoms with Gasteiger partial charge in [-0.3, -0.25) is 4.79 Å². The molecule has 1 fully saturated rings. The second-order valence-electron chi connectivity index (χ2n) is 11.6. The smallest absolute Gasteiger partial charge is 0.311 e. The Morgan fingerprint density at radius 2 is 1.97 bits per heavy atom. The number of hydrogen-bond acceptors (Lipinski definition) is 4. The maximum atomic E-state index is 13.0. The van der Waals surface area contributed by atoms with Crippen molar-refractivity contribution in [1.82, 2.24) is 0 Å². The molecule has 7 atom stereocenters. The third-order valence-corrected chi connectivity index (χ3v) is 7.89. The van der Waals surface area contributed by atoms with Crippen molar-refractivity contribution in [2.75, 3.05) is 0 Å². The largest absolute Gasteiger partial charge is 0.495 e. The molecule has 0 amide bonds. The fraction of sp³-hybridized carbons (Fsp3) is 0.759. The van der Waals surface area contributed by atoms with Gasteiger partial charge < -0.3 is 14.2 Å². The molecule has 4 nitrogen and oxygen atoms in total. The molecule has 0 aromatic carbocycles. The minimum absolute atomic E-state index is 0.0602. The Bertz CT molecular complexity index is 762. The van der Waals surface area contributed by atoms with Crippen LogP contribution in [0.2, 0.25) is 0 Å². The zero-order chi connectivity index (χ0) is 24.3. The fourth-order valence-corrected chi connectivity index (χ4v) is 5.67. The number of fused-ring (bicyclic) bond motifs is 1. The molecule has 1 heterocycles. The van der Waals surface area contributed by atoms with Crippen LogP contribution in [0.5, 0.6) is 0 Å². The average Bonchev–Trinajstić information content (AvgIpc) is 2.72. The number of esters is 1. The summed E-state index contributed by atoms with van der Waals surface area (Å²) in [6, 6.07) is 0. The number of carbonyl (C=O) groups excluding carboxylic acids is 1. The molecule has 0 radical (unpaired) electrons. The second kappa shape index (κ2) is 10.8. The average molecular weight is 459 g/mol. The highest BCUT2D eigenvalue weighted by Gasteiger charge is 2.43. The summed E-state index contributed by atoms with van der Waals surface area (Å²) in [5.41, 5.74) is 0.900. The van der Waals surface area contributed by atoms with E-state index in [4.69, 9.17) is 14.2 Å². The Hall–Kier alpha value is -1.55. The Morgan fingerprint density at radius 3 is 2.64 bits per heavy atom. The van der Waals surface area contributed by atoms with Crippen molar-refractivity contribution in [3.63, 3.8) is 0 Å². The van der Waals surface area contributed by atoms with Crippen LogP contribution in [0.15, 0.2) is 36.1 Å².